The first-order valence-corrected chi connectivity index (χ1v) is 12.0. The van der Waals surface area contributed by atoms with Gasteiger partial charge >= 0.3 is 7.12 Å². The summed E-state index contributed by atoms with van der Waals surface area (Å²) in [6.45, 7) is 20.2. The molecule has 2 aliphatic heterocycles. The maximum atomic E-state index is 6.33. The van der Waals surface area contributed by atoms with Crippen LogP contribution in [0.25, 0.3) is 0 Å². The Labute approximate surface area is 149 Å². The molecule has 0 saturated carbocycles. The number of allylic oxidation sites excluding steroid dienone is 1. The molecule has 2 aliphatic rings. The molecule has 2 rings (SSSR count). The Morgan fingerprint density at radius 1 is 1.17 bits per heavy atom. The molecule has 0 amide bonds. The molecule has 0 aromatic carbocycles. The van der Waals surface area contributed by atoms with Crippen molar-refractivity contribution in [1.82, 2.24) is 0 Å². The van der Waals surface area contributed by atoms with Gasteiger partial charge in [-0.2, -0.15) is 0 Å². The number of hydrogen-bond acceptors (Lipinski definition) is 4. The Hall–Kier alpha value is -0.298. The average molecular weight is 354 g/mol. The van der Waals surface area contributed by atoms with E-state index in [2.05, 4.69) is 67.6 Å². The quantitative estimate of drug-likeness (QED) is 0.686. The van der Waals surface area contributed by atoms with Gasteiger partial charge in [0.2, 0.25) is 0 Å². The van der Waals surface area contributed by atoms with Crippen LogP contribution in [-0.2, 0) is 18.5 Å². The predicted octanol–water partition coefficient (Wildman–Crippen LogP) is 4.70. The van der Waals surface area contributed by atoms with E-state index >= 15 is 0 Å². The molecule has 0 radical (unpaired) electrons. The summed E-state index contributed by atoms with van der Waals surface area (Å²) in [6.07, 6.45) is 4.14. The summed E-state index contributed by atoms with van der Waals surface area (Å²) >= 11 is 0. The summed E-state index contributed by atoms with van der Waals surface area (Å²) < 4.78 is 24.7. The Morgan fingerprint density at radius 3 is 2.21 bits per heavy atom. The first kappa shape index (κ1) is 20.0. The Balaban J connectivity index is 1.95. The fourth-order valence-electron chi connectivity index (χ4n) is 2.46. The fraction of sp³-hybridized carbons (Fsp3) is 0.889. The lowest BCUT2D eigenvalue weighted by Gasteiger charge is -2.37. The van der Waals surface area contributed by atoms with Gasteiger partial charge in [0.15, 0.2) is 8.32 Å². The van der Waals surface area contributed by atoms with Crippen LogP contribution in [0.1, 0.15) is 61.3 Å². The molecule has 1 atom stereocenters. The standard InChI is InChI=1S/C18H35BO4Si/c1-16(2,3)24(8,9)20-13-14-11-10-12-15(21-14)19-22-17(4,5)18(6,7)23-19/h12,14H,10-11,13H2,1-9H3. The maximum absolute atomic E-state index is 6.33. The van der Waals surface area contributed by atoms with Gasteiger partial charge in [-0.3, -0.25) is 0 Å². The van der Waals surface area contributed by atoms with E-state index in [1.54, 1.807) is 0 Å². The van der Waals surface area contributed by atoms with Crippen molar-refractivity contribution in [2.24, 2.45) is 0 Å². The highest BCUT2D eigenvalue weighted by molar-refractivity contribution is 6.74. The normalized spacial score (nSPS) is 27.0. The highest BCUT2D eigenvalue weighted by atomic mass is 28.4. The van der Waals surface area contributed by atoms with Crippen molar-refractivity contribution in [3.8, 4) is 0 Å². The summed E-state index contributed by atoms with van der Waals surface area (Å²) in [5, 5.41) is 0.214. The maximum Gasteiger partial charge on any atom is 0.531 e. The molecule has 4 nitrogen and oxygen atoms in total. The zero-order chi connectivity index (χ0) is 18.4. The summed E-state index contributed by atoms with van der Waals surface area (Å²) in [4.78, 5) is 0. The molecular weight excluding hydrogens is 319 g/mol. The van der Waals surface area contributed by atoms with Crippen molar-refractivity contribution in [3.63, 3.8) is 0 Å². The molecule has 1 unspecified atom stereocenters. The molecule has 138 valence electrons. The third kappa shape index (κ3) is 4.09. The molecule has 6 heteroatoms. The van der Waals surface area contributed by atoms with E-state index in [0.29, 0.717) is 6.61 Å². The second-order valence-electron chi connectivity index (χ2n) is 9.58. The third-order valence-corrected chi connectivity index (χ3v) is 10.6. The smallest absolute Gasteiger partial charge is 0.496 e. The summed E-state index contributed by atoms with van der Waals surface area (Å²) in [5.41, 5.74) is 0.127. The monoisotopic (exact) mass is 354 g/mol. The van der Waals surface area contributed by atoms with Crippen LogP contribution in [0, 0.1) is 0 Å². The molecule has 24 heavy (non-hydrogen) atoms. The first-order chi connectivity index (χ1) is 10.8. The minimum Gasteiger partial charge on any atom is -0.496 e. The summed E-state index contributed by atoms with van der Waals surface area (Å²) in [5.74, 6) is 0. The fourth-order valence-corrected chi connectivity index (χ4v) is 3.49. The van der Waals surface area contributed by atoms with E-state index in [1.165, 1.54) is 0 Å². The molecule has 0 spiro atoms. The van der Waals surface area contributed by atoms with Gasteiger partial charge < -0.3 is 18.5 Å². The van der Waals surface area contributed by atoms with Crippen molar-refractivity contribution in [2.45, 2.75) is 96.7 Å². The summed E-state index contributed by atoms with van der Waals surface area (Å²) in [6, 6.07) is 0. The van der Waals surface area contributed by atoms with Gasteiger partial charge in [0.05, 0.1) is 17.8 Å². The van der Waals surface area contributed by atoms with E-state index < -0.39 is 15.4 Å². The zero-order valence-electron chi connectivity index (χ0n) is 17.0. The minimum atomic E-state index is -1.75. The van der Waals surface area contributed by atoms with Crippen LogP contribution < -0.4 is 0 Å². The Bertz CT molecular complexity index is 478. The highest BCUT2D eigenvalue weighted by Gasteiger charge is 2.53. The topological polar surface area (TPSA) is 36.9 Å². The van der Waals surface area contributed by atoms with Gasteiger partial charge in [-0.15, -0.1) is 0 Å². The van der Waals surface area contributed by atoms with E-state index in [-0.39, 0.29) is 22.3 Å². The molecule has 0 aromatic rings. The van der Waals surface area contributed by atoms with Gasteiger partial charge in [0.1, 0.15) is 11.8 Å². The van der Waals surface area contributed by atoms with Gasteiger partial charge in [0, 0.05) is 0 Å². The highest BCUT2D eigenvalue weighted by Crippen LogP contribution is 2.40. The number of hydrogen-bond donors (Lipinski definition) is 0. The van der Waals surface area contributed by atoms with E-state index in [1.807, 2.05) is 0 Å². The first-order valence-electron chi connectivity index (χ1n) is 9.11. The third-order valence-electron chi connectivity index (χ3n) is 6.06. The van der Waals surface area contributed by atoms with Crippen LogP contribution in [0.2, 0.25) is 18.1 Å². The van der Waals surface area contributed by atoms with Crippen LogP contribution in [0.15, 0.2) is 11.7 Å². The minimum absolute atomic E-state index is 0.0816. The molecule has 1 fully saturated rings. The van der Waals surface area contributed by atoms with Crippen molar-refractivity contribution < 1.29 is 18.5 Å². The number of ether oxygens (including phenoxy) is 1. The predicted molar refractivity (Wildman–Crippen MR) is 101 cm³/mol. The Morgan fingerprint density at radius 2 is 1.71 bits per heavy atom. The van der Waals surface area contributed by atoms with Crippen LogP contribution in [0.3, 0.4) is 0 Å². The van der Waals surface area contributed by atoms with E-state index in [9.17, 15) is 0 Å². The van der Waals surface area contributed by atoms with Crippen LogP contribution >= 0.6 is 0 Å². The molecule has 0 N–H and O–H groups in total. The number of rotatable bonds is 4. The lowest BCUT2D eigenvalue weighted by Crippen LogP contribution is -2.43. The molecule has 2 heterocycles. The van der Waals surface area contributed by atoms with Gasteiger partial charge in [0.25, 0.3) is 0 Å². The largest absolute Gasteiger partial charge is 0.531 e. The molecular formula is C18H35BO4Si. The second-order valence-corrected chi connectivity index (χ2v) is 14.4. The van der Waals surface area contributed by atoms with Gasteiger partial charge in [-0.1, -0.05) is 20.8 Å². The van der Waals surface area contributed by atoms with Crippen molar-refractivity contribution in [3.05, 3.63) is 11.7 Å². The lowest BCUT2D eigenvalue weighted by molar-refractivity contribution is 0.00578. The van der Waals surface area contributed by atoms with Crippen molar-refractivity contribution >= 4 is 15.4 Å². The molecule has 0 aromatic heterocycles. The van der Waals surface area contributed by atoms with E-state index in [0.717, 1.165) is 18.5 Å². The van der Waals surface area contributed by atoms with Gasteiger partial charge in [-0.05, 0) is 64.7 Å². The van der Waals surface area contributed by atoms with Crippen molar-refractivity contribution in [1.29, 1.82) is 0 Å². The lowest BCUT2D eigenvalue weighted by atomic mass is 9.84. The molecule has 0 aliphatic carbocycles. The molecule has 1 saturated heterocycles. The average Bonchev–Trinajstić information content (AvgIpc) is 2.64. The molecule has 0 bridgehead atoms. The van der Waals surface area contributed by atoms with Crippen LogP contribution in [0.5, 0.6) is 0 Å². The summed E-state index contributed by atoms with van der Waals surface area (Å²) in [7, 11) is -2.16. The van der Waals surface area contributed by atoms with E-state index in [4.69, 9.17) is 18.5 Å². The SMILES string of the molecule is CC1(C)OB(C2=CCCC(CO[Si](C)(C)C(C)(C)C)O2)OC1(C)C. The Kier molecular flexibility index (Phi) is 5.38. The van der Waals surface area contributed by atoms with Crippen molar-refractivity contribution in [2.75, 3.05) is 6.61 Å². The van der Waals surface area contributed by atoms with Crippen LogP contribution in [0.4, 0.5) is 0 Å². The second kappa shape index (κ2) is 6.45. The van der Waals surface area contributed by atoms with Gasteiger partial charge in [-0.25, -0.2) is 0 Å². The van der Waals surface area contributed by atoms with Crippen LogP contribution in [-0.4, -0.2) is 39.3 Å². The zero-order valence-corrected chi connectivity index (χ0v) is 18.0.